The van der Waals surface area contributed by atoms with Gasteiger partial charge in [0.05, 0.1) is 12.5 Å². The number of carbonyl (C=O) groups is 2. The molecule has 3 N–H and O–H groups in total. The van der Waals surface area contributed by atoms with Crippen LogP contribution in [0.1, 0.15) is 19.3 Å². The summed E-state index contributed by atoms with van der Waals surface area (Å²) in [5.74, 6) is -0.884. The van der Waals surface area contributed by atoms with E-state index in [-0.39, 0.29) is 24.8 Å². The minimum Gasteiger partial charge on any atom is -0.481 e. The van der Waals surface area contributed by atoms with Crippen LogP contribution in [0.3, 0.4) is 0 Å². The highest BCUT2D eigenvalue weighted by Gasteiger charge is 2.22. The maximum atomic E-state index is 11.8. The summed E-state index contributed by atoms with van der Waals surface area (Å²) in [7, 11) is 1.45. The summed E-state index contributed by atoms with van der Waals surface area (Å²) in [6.07, 6.45) is 1.12. The van der Waals surface area contributed by atoms with E-state index in [2.05, 4.69) is 10.6 Å². The molecule has 0 aliphatic carbocycles. The van der Waals surface area contributed by atoms with Crippen LogP contribution in [0.5, 0.6) is 0 Å². The fourth-order valence-corrected chi connectivity index (χ4v) is 1.88. The first-order valence-corrected chi connectivity index (χ1v) is 5.86. The molecule has 0 aromatic rings. The molecule has 0 aromatic heterocycles. The zero-order chi connectivity index (χ0) is 12.7. The first-order chi connectivity index (χ1) is 8.13. The van der Waals surface area contributed by atoms with Crippen molar-refractivity contribution in [2.24, 2.45) is 5.92 Å². The molecule has 0 aromatic carbocycles. The molecule has 1 heterocycles. The molecule has 1 fully saturated rings. The average molecular weight is 244 g/mol. The molecule has 6 nitrogen and oxygen atoms in total. The van der Waals surface area contributed by atoms with Gasteiger partial charge in [0.1, 0.15) is 0 Å². The lowest BCUT2D eigenvalue weighted by molar-refractivity contribution is -0.140. The Labute approximate surface area is 101 Å². The van der Waals surface area contributed by atoms with Crippen LogP contribution < -0.4 is 10.6 Å². The number of amides is 1. The molecule has 1 amide bonds. The van der Waals surface area contributed by atoms with Crippen LogP contribution >= 0.6 is 0 Å². The van der Waals surface area contributed by atoms with Crippen LogP contribution in [0.15, 0.2) is 0 Å². The SMILES string of the molecule is COC(CNC(=O)C1CCNCC1)CC(=O)O. The van der Waals surface area contributed by atoms with E-state index in [1.807, 2.05) is 0 Å². The van der Waals surface area contributed by atoms with Gasteiger partial charge in [-0.1, -0.05) is 0 Å². The molecule has 1 aliphatic heterocycles. The molecule has 0 spiro atoms. The van der Waals surface area contributed by atoms with Gasteiger partial charge in [0.2, 0.25) is 5.91 Å². The molecular formula is C11H20N2O4. The average Bonchev–Trinajstić information content (AvgIpc) is 2.34. The lowest BCUT2D eigenvalue weighted by Gasteiger charge is -2.23. The Morgan fingerprint density at radius 3 is 2.65 bits per heavy atom. The van der Waals surface area contributed by atoms with Crippen molar-refractivity contribution in [2.75, 3.05) is 26.7 Å². The molecular weight excluding hydrogens is 224 g/mol. The van der Waals surface area contributed by atoms with E-state index in [1.165, 1.54) is 7.11 Å². The third-order valence-corrected chi connectivity index (χ3v) is 2.95. The normalized spacial score (nSPS) is 18.6. The topological polar surface area (TPSA) is 87.7 Å². The van der Waals surface area contributed by atoms with Crippen LogP contribution in [-0.2, 0) is 14.3 Å². The van der Waals surface area contributed by atoms with Crippen LogP contribution in [0, 0.1) is 5.92 Å². The highest BCUT2D eigenvalue weighted by atomic mass is 16.5. The molecule has 1 rings (SSSR count). The van der Waals surface area contributed by atoms with Gasteiger partial charge in [-0.05, 0) is 25.9 Å². The maximum absolute atomic E-state index is 11.8. The lowest BCUT2D eigenvalue weighted by atomic mass is 9.97. The predicted octanol–water partition coefficient (Wildman–Crippen LogP) is -0.408. The molecule has 1 saturated heterocycles. The standard InChI is InChI=1S/C11H20N2O4/c1-17-9(6-10(14)15)7-13-11(16)8-2-4-12-5-3-8/h8-9,12H,2-7H2,1H3,(H,13,16)(H,14,15). The molecule has 1 unspecified atom stereocenters. The van der Waals surface area contributed by atoms with Gasteiger partial charge in [-0.25, -0.2) is 0 Å². The first kappa shape index (κ1) is 13.9. The fraction of sp³-hybridized carbons (Fsp3) is 0.818. The molecule has 0 radical (unpaired) electrons. The summed E-state index contributed by atoms with van der Waals surface area (Å²) in [6, 6.07) is 0. The summed E-state index contributed by atoms with van der Waals surface area (Å²) >= 11 is 0. The summed E-state index contributed by atoms with van der Waals surface area (Å²) in [5.41, 5.74) is 0. The van der Waals surface area contributed by atoms with Gasteiger partial charge in [0.15, 0.2) is 0 Å². The lowest BCUT2D eigenvalue weighted by Crippen LogP contribution is -2.41. The van der Waals surface area contributed by atoms with Gasteiger partial charge < -0.3 is 20.5 Å². The van der Waals surface area contributed by atoms with Crippen molar-refractivity contribution in [1.29, 1.82) is 0 Å². The van der Waals surface area contributed by atoms with Crippen LogP contribution in [-0.4, -0.2) is 49.8 Å². The van der Waals surface area contributed by atoms with Crippen LogP contribution in [0.25, 0.3) is 0 Å². The van der Waals surface area contributed by atoms with Crippen molar-refractivity contribution >= 4 is 11.9 Å². The van der Waals surface area contributed by atoms with Crippen molar-refractivity contribution < 1.29 is 19.4 Å². The second-order valence-electron chi connectivity index (χ2n) is 4.22. The first-order valence-electron chi connectivity index (χ1n) is 5.86. The molecule has 1 aliphatic rings. The van der Waals surface area contributed by atoms with Crippen molar-refractivity contribution in [3.8, 4) is 0 Å². The number of hydrogen-bond acceptors (Lipinski definition) is 4. The van der Waals surface area contributed by atoms with E-state index >= 15 is 0 Å². The third kappa shape index (κ3) is 5.14. The largest absolute Gasteiger partial charge is 0.481 e. The summed E-state index contributed by atoms with van der Waals surface area (Å²) < 4.78 is 4.99. The van der Waals surface area contributed by atoms with E-state index in [1.54, 1.807) is 0 Å². The summed E-state index contributed by atoms with van der Waals surface area (Å²) in [4.78, 5) is 22.3. The van der Waals surface area contributed by atoms with Gasteiger partial charge in [-0.2, -0.15) is 0 Å². The number of methoxy groups -OCH3 is 1. The quantitative estimate of drug-likeness (QED) is 0.591. The number of carboxylic acid groups (broad SMARTS) is 1. The minimum absolute atomic E-state index is 0.000983. The van der Waals surface area contributed by atoms with Gasteiger partial charge in [0, 0.05) is 19.6 Å². The highest BCUT2D eigenvalue weighted by molar-refractivity contribution is 5.78. The fourth-order valence-electron chi connectivity index (χ4n) is 1.88. The molecule has 17 heavy (non-hydrogen) atoms. The number of hydrogen-bond donors (Lipinski definition) is 3. The highest BCUT2D eigenvalue weighted by Crippen LogP contribution is 2.11. The van der Waals surface area contributed by atoms with Crippen molar-refractivity contribution in [3.63, 3.8) is 0 Å². The van der Waals surface area contributed by atoms with E-state index in [0.717, 1.165) is 25.9 Å². The summed E-state index contributed by atoms with van der Waals surface area (Å²) in [6.45, 7) is 1.98. The number of nitrogens with one attached hydrogen (secondary N) is 2. The van der Waals surface area contributed by atoms with E-state index in [0.29, 0.717) is 0 Å². The van der Waals surface area contributed by atoms with E-state index in [4.69, 9.17) is 9.84 Å². The number of carboxylic acids is 1. The minimum atomic E-state index is -0.923. The Morgan fingerprint density at radius 2 is 2.12 bits per heavy atom. The van der Waals surface area contributed by atoms with Crippen molar-refractivity contribution in [2.45, 2.75) is 25.4 Å². The number of aliphatic carboxylic acids is 1. The molecule has 1 atom stereocenters. The number of piperidine rings is 1. The van der Waals surface area contributed by atoms with Gasteiger partial charge >= 0.3 is 5.97 Å². The number of ether oxygens (including phenoxy) is 1. The Hall–Kier alpha value is -1.14. The Kier molecular flexibility index (Phi) is 5.93. The second-order valence-corrected chi connectivity index (χ2v) is 4.22. The molecule has 0 saturated carbocycles. The predicted molar refractivity (Wildman–Crippen MR) is 61.7 cm³/mol. The second kappa shape index (κ2) is 7.24. The zero-order valence-corrected chi connectivity index (χ0v) is 10.1. The monoisotopic (exact) mass is 244 g/mol. The maximum Gasteiger partial charge on any atom is 0.306 e. The Balaban J connectivity index is 2.27. The summed E-state index contributed by atoms with van der Waals surface area (Å²) in [5, 5.41) is 14.6. The number of carbonyl (C=O) groups excluding carboxylic acids is 1. The van der Waals surface area contributed by atoms with Gasteiger partial charge in [-0.15, -0.1) is 0 Å². The molecule has 6 heteroatoms. The third-order valence-electron chi connectivity index (χ3n) is 2.95. The van der Waals surface area contributed by atoms with E-state index < -0.39 is 12.1 Å². The zero-order valence-electron chi connectivity index (χ0n) is 10.1. The molecule has 98 valence electrons. The van der Waals surface area contributed by atoms with Crippen molar-refractivity contribution in [1.82, 2.24) is 10.6 Å². The molecule has 0 bridgehead atoms. The van der Waals surface area contributed by atoms with E-state index in [9.17, 15) is 9.59 Å². The van der Waals surface area contributed by atoms with Gasteiger partial charge in [-0.3, -0.25) is 9.59 Å². The van der Waals surface area contributed by atoms with Gasteiger partial charge in [0.25, 0.3) is 0 Å². The van der Waals surface area contributed by atoms with Crippen LogP contribution in [0.2, 0.25) is 0 Å². The van der Waals surface area contributed by atoms with Crippen LogP contribution in [0.4, 0.5) is 0 Å². The Bertz CT molecular complexity index is 264. The smallest absolute Gasteiger partial charge is 0.306 e. The number of rotatable bonds is 6. The van der Waals surface area contributed by atoms with Crippen molar-refractivity contribution in [3.05, 3.63) is 0 Å². The Morgan fingerprint density at radius 1 is 1.47 bits per heavy atom.